The summed E-state index contributed by atoms with van der Waals surface area (Å²) in [6.45, 7) is 3.18. The van der Waals surface area contributed by atoms with Crippen LogP contribution in [0.15, 0.2) is 18.3 Å². The van der Waals surface area contributed by atoms with Gasteiger partial charge in [0.2, 0.25) is 0 Å². The van der Waals surface area contributed by atoms with Crippen molar-refractivity contribution in [2.45, 2.75) is 25.6 Å². The number of hydrogen-bond donors (Lipinski definition) is 0. The Hall–Kier alpha value is -1.20. The number of fused-ring (bicyclic) bond motifs is 1. The average molecular weight is 283 g/mol. The summed E-state index contributed by atoms with van der Waals surface area (Å²) < 4.78 is 15.4. The molecule has 1 aliphatic heterocycles. The van der Waals surface area contributed by atoms with Crippen LogP contribution in [0.25, 0.3) is 11.0 Å². The second-order valence-corrected chi connectivity index (χ2v) is 5.38. The first-order chi connectivity index (χ1) is 9.22. The monoisotopic (exact) mass is 282 g/mol. The first-order valence-electron chi connectivity index (χ1n) is 6.57. The van der Waals surface area contributed by atoms with Crippen molar-refractivity contribution < 1.29 is 4.39 Å². The second-order valence-electron chi connectivity index (χ2n) is 5.00. The van der Waals surface area contributed by atoms with E-state index in [4.69, 9.17) is 11.6 Å². The first kappa shape index (κ1) is 12.8. The molecule has 0 aromatic carbocycles. The minimum atomic E-state index is -0.672. The summed E-state index contributed by atoms with van der Waals surface area (Å²) in [4.78, 5) is 2.17. The molecule has 0 radical (unpaired) electrons. The van der Waals surface area contributed by atoms with Crippen LogP contribution in [0, 0.1) is 0 Å². The maximum atomic E-state index is 13.3. The number of piperidine rings is 1. The van der Waals surface area contributed by atoms with Crippen molar-refractivity contribution in [3.8, 4) is 0 Å². The Morgan fingerprint density at radius 2 is 2.26 bits per heavy atom. The summed E-state index contributed by atoms with van der Waals surface area (Å²) in [7, 11) is 0. The van der Waals surface area contributed by atoms with Gasteiger partial charge in [0, 0.05) is 31.2 Å². The molecule has 3 rings (SSSR count). The molecule has 0 aliphatic carbocycles. The summed E-state index contributed by atoms with van der Waals surface area (Å²) in [6.07, 6.45) is 2.96. The smallest absolute Gasteiger partial charge is 0.162 e. The van der Waals surface area contributed by atoms with Crippen LogP contribution < -0.4 is 0 Å². The van der Waals surface area contributed by atoms with Crippen LogP contribution in [0.1, 0.15) is 12.8 Å². The van der Waals surface area contributed by atoms with Crippen molar-refractivity contribution in [3.63, 3.8) is 0 Å². The Kier molecular flexibility index (Phi) is 3.66. The van der Waals surface area contributed by atoms with E-state index in [0.29, 0.717) is 18.1 Å². The average Bonchev–Trinajstić information content (AvgIpc) is 2.78. The highest BCUT2D eigenvalue weighted by Crippen LogP contribution is 2.17. The van der Waals surface area contributed by atoms with Gasteiger partial charge in [-0.25, -0.2) is 4.39 Å². The lowest BCUT2D eigenvalue weighted by molar-refractivity contribution is 0.135. The fraction of sp³-hybridized carbons (Fsp3) is 0.538. The van der Waals surface area contributed by atoms with E-state index in [-0.39, 0.29) is 0 Å². The van der Waals surface area contributed by atoms with E-state index in [9.17, 15) is 4.39 Å². The highest BCUT2D eigenvalue weighted by molar-refractivity contribution is 6.29. The minimum absolute atomic E-state index is 0.404. The zero-order valence-corrected chi connectivity index (χ0v) is 11.4. The Morgan fingerprint density at radius 1 is 1.37 bits per heavy atom. The minimum Gasteiger partial charge on any atom is -0.330 e. The predicted molar refractivity (Wildman–Crippen MR) is 73.1 cm³/mol. The van der Waals surface area contributed by atoms with Crippen LogP contribution in [0.4, 0.5) is 4.39 Å². The van der Waals surface area contributed by atoms with Gasteiger partial charge in [0.05, 0.1) is 0 Å². The fourth-order valence-corrected chi connectivity index (χ4v) is 2.75. The molecule has 2 aromatic heterocycles. The lowest BCUT2D eigenvalue weighted by atomic mass is 10.1. The van der Waals surface area contributed by atoms with E-state index in [0.717, 1.165) is 37.1 Å². The molecule has 1 fully saturated rings. The maximum Gasteiger partial charge on any atom is 0.162 e. The largest absolute Gasteiger partial charge is 0.330 e. The molecule has 1 unspecified atom stereocenters. The van der Waals surface area contributed by atoms with Crippen molar-refractivity contribution >= 4 is 22.6 Å². The number of likely N-dealkylation sites (tertiary alicyclic amines) is 1. The topological polar surface area (TPSA) is 34.0 Å². The van der Waals surface area contributed by atoms with Gasteiger partial charge in [-0.05, 0) is 31.5 Å². The molecule has 0 spiro atoms. The molecule has 0 amide bonds. The van der Waals surface area contributed by atoms with Crippen molar-refractivity contribution in [1.82, 2.24) is 19.7 Å². The Bertz CT molecular complexity index is 571. The van der Waals surface area contributed by atoms with E-state index in [2.05, 4.69) is 15.1 Å². The zero-order chi connectivity index (χ0) is 13.2. The number of alkyl halides is 1. The second kappa shape index (κ2) is 5.43. The number of rotatable bonds is 3. The van der Waals surface area contributed by atoms with Crippen LogP contribution in [0.5, 0.6) is 0 Å². The van der Waals surface area contributed by atoms with Crippen LogP contribution in [0.3, 0.4) is 0 Å². The Balaban J connectivity index is 1.68. The number of halogens is 2. The number of aromatic nitrogens is 3. The van der Waals surface area contributed by atoms with Gasteiger partial charge in [0.15, 0.2) is 10.8 Å². The van der Waals surface area contributed by atoms with E-state index in [1.807, 2.05) is 16.8 Å². The summed E-state index contributed by atoms with van der Waals surface area (Å²) in [5.41, 5.74) is 0.832. The van der Waals surface area contributed by atoms with Crippen molar-refractivity contribution in [1.29, 1.82) is 0 Å². The van der Waals surface area contributed by atoms with Crippen LogP contribution in [-0.2, 0) is 6.54 Å². The highest BCUT2D eigenvalue weighted by atomic mass is 35.5. The molecule has 102 valence electrons. The summed E-state index contributed by atoms with van der Waals surface area (Å²) in [5, 5.41) is 9.37. The normalized spacial score (nSPS) is 21.1. The van der Waals surface area contributed by atoms with Crippen LogP contribution in [0.2, 0.25) is 5.15 Å². The van der Waals surface area contributed by atoms with Crippen LogP contribution in [-0.4, -0.2) is 45.5 Å². The summed E-state index contributed by atoms with van der Waals surface area (Å²) >= 11 is 5.81. The van der Waals surface area contributed by atoms with Gasteiger partial charge in [-0.15, -0.1) is 10.2 Å². The molecule has 3 heterocycles. The highest BCUT2D eigenvalue weighted by Gasteiger charge is 2.18. The number of nitrogens with zero attached hydrogens (tertiary/aromatic N) is 4. The molecule has 2 aromatic rings. The molecule has 4 nitrogen and oxygen atoms in total. The number of hydrogen-bond acceptors (Lipinski definition) is 3. The van der Waals surface area contributed by atoms with Gasteiger partial charge in [-0.3, -0.25) is 4.90 Å². The molecule has 6 heteroatoms. The first-order valence-corrected chi connectivity index (χ1v) is 6.94. The van der Waals surface area contributed by atoms with Gasteiger partial charge in [-0.1, -0.05) is 11.6 Å². The summed E-state index contributed by atoms with van der Waals surface area (Å²) in [6, 6.07) is 3.78. The van der Waals surface area contributed by atoms with Crippen molar-refractivity contribution in [2.24, 2.45) is 0 Å². The van der Waals surface area contributed by atoms with Gasteiger partial charge < -0.3 is 4.57 Å². The zero-order valence-electron chi connectivity index (χ0n) is 10.6. The molecule has 1 aliphatic rings. The molecule has 0 saturated carbocycles. The van der Waals surface area contributed by atoms with Gasteiger partial charge >= 0.3 is 0 Å². The lowest BCUT2D eigenvalue weighted by Crippen LogP contribution is -2.38. The van der Waals surface area contributed by atoms with E-state index in [1.165, 1.54) is 0 Å². The Labute approximate surface area is 116 Å². The quantitative estimate of drug-likeness (QED) is 0.867. The Morgan fingerprint density at radius 3 is 3.11 bits per heavy atom. The summed E-state index contributed by atoms with van der Waals surface area (Å²) in [5.74, 6) is 0. The fourth-order valence-electron chi connectivity index (χ4n) is 2.59. The van der Waals surface area contributed by atoms with E-state index in [1.54, 1.807) is 6.07 Å². The van der Waals surface area contributed by atoms with Crippen molar-refractivity contribution in [2.75, 3.05) is 19.6 Å². The van der Waals surface area contributed by atoms with E-state index < -0.39 is 6.17 Å². The molecule has 1 saturated heterocycles. The molecule has 0 N–H and O–H groups in total. The lowest BCUT2D eigenvalue weighted by Gasteiger charge is -2.28. The molecule has 1 atom stereocenters. The van der Waals surface area contributed by atoms with Crippen molar-refractivity contribution in [3.05, 3.63) is 23.5 Å². The van der Waals surface area contributed by atoms with E-state index >= 15 is 0 Å². The maximum absolute atomic E-state index is 13.3. The molecule has 19 heavy (non-hydrogen) atoms. The SMILES string of the molecule is FC1CCCN(CCn2ccc3cc(Cl)nnc32)C1. The molecular formula is C13H16ClFN4. The third-order valence-corrected chi connectivity index (χ3v) is 3.77. The van der Waals surface area contributed by atoms with Crippen LogP contribution >= 0.6 is 11.6 Å². The molecule has 0 bridgehead atoms. The van der Waals surface area contributed by atoms with Gasteiger partial charge in [0.25, 0.3) is 0 Å². The third kappa shape index (κ3) is 2.87. The predicted octanol–water partition coefficient (Wildman–Crippen LogP) is 2.52. The third-order valence-electron chi connectivity index (χ3n) is 3.58. The van der Waals surface area contributed by atoms with Gasteiger partial charge in [-0.2, -0.15) is 0 Å². The molecular weight excluding hydrogens is 267 g/mol. The van der Waals surface area contributed by atoms with Gasteiger partial charge in [0.1, 0.15) is 6.17 Å². The standard InChI is InChI=1S/C13H16ClFN4/c14-12-8-10-3-5-19(13(10)17-16-12)7-6-18-4-1-2-11(15)9-18/h3,5,8,11H,1-2,4,6-7,9H2.